The number of para-hydroxylation sites is 1. The van der Waals surface area contributed by atoms with Gasteiger partial charge in [-0.15, -0.1) is 0 Å². The van der Waals surface area contributed by atoms with Gasteiger partial charge < -0.3 is 9.47 Å². The van der Waals surface area contributed by atoms with E-state index in [4.69, 9.17) is 9.47 Å². The SMILES string of the molecule is CCOc1c(/C=N/NC(=O)c2ccccc2)cccc1OC. The quantitative estimate of drug-likeness (QED) is 0.659. The molecule has 0 radical (unpaired) electrons. The van der Waals surface area contributed by atoms with Gasteiger partial charge in [-0.2, -0.15) is 5.10 Å². The van der Waals surface area contributed by atoms with E-state index in [9.17, 15) is 4.79 Å². The van der Waals surface area contributed by atoms with Gasteiger partial charge in [0, 0.05) is 11.1 Å². The zero-order chi connectivity index (χ0) is 15.8. The highest BCUT2D eigenvalue weighted by Crippen LogP contribution is 2.29. The number of carbonyl (C=O) groups is 1. The largest absolute Gasteiger partial charge is 0.493 e. The van der Waals surface area contributed by atoms with Crippen LogP contribution in [0, 0.1) is 0 Å². The first-order valence-corrected chi connectivity index (χ1v) is 6.94. The number of hydrogen-bond donors (Lipinski definition) is 1. The summed E-state index contributed by atoms with van der Waals surface area (Å²) < 4.78 is 10.8. The van der Waals surface area contributed by atoms with E-state index in [2.05, 4.69) is 10.5 Å². The highest BCUT2D eigenvalue weighted by atomic mass is 16.5. The Balaban J connectivity index is 2.11. The summed E-state index contributed by atoms with van der Waals surface area (Å²) in [5, 5.41) is 3.98. The molecule has 2 aromatic carbocycles. The Bertz CT molecular complexity index is 654. The van der Waals surface area contributed by atoms with E-state index < -0.39 is 0 Å². The first-order chi connectivity index (χ1) is 10.8. The number of amides is 1. The second kappa shape index (κ2) is 7.83. The summed E-state index contributed by atoms with van der Waals surface area (Å²) in [7, 11) is 1.58. The first-order valence-electron chi connectivity index (χ1n) is 6.94. The Hall–Kier alpha value is -2.82. The van der Waals surface area contributed by atoms with Crippen molar-refractivity contribution < 1.29 is 14.3 Å². The number of methoxy groups -OCH3 is 1. The molecule has 0 heterocycles. The number of carbonyl (C=O) groups excluding carboxylic acids is 1. The second-order valence-electron chi connectivity index (χ2n) is 4.38. The predicted octanol–water partition coefficient (Wildman–Crippen LogP) is 2.86. The molecule has 0 fully saturated rings. The Kier molecular flexibility index (Phi) is 5.54. The predicted molar refractivity (Wildman–Crippen MR) is 85.7 cm³/mol. The van der Waals surface area contributed by atoms with Crippen molar-refractivity contribution in [1.29, 1.82) is 0 Å². The van der Waals surface area contributed by atoms with Crippen LogP contribution in [-0.2, 0) is 0 Å². The Morgan fingerprint density at radius 2 is 1.95 bits per heavy atom. The molecule has 0 aliphatic heterocycles. The van der Waals surface area contributed by atoms with Crippen LogP contribution in [0.2, 0.25) is 0 Å². The van der Waals surface area contributed by atoms with Crippen LogP contribution >= 0.6 is 0 Å². The smallest absolute Gasteiger partial charge is 0.271 e. The Morgan fingerprint density at radius 3 is 2.64 bits per heavy atom. The van der Waals surface area contributed by atoms with Gasteiger partial charge in [0.25, 0.3) is 5.91 Å². The lowest BCUT2D eigenvalue weighted by molar-refractivity contribution is 0.0955. The number of hydrazone groups is 1. The topological polar surface area (TPSA) is 59.9 Å². The van der Waals surface area contributed by atoms with Gasteiger partial charge in [0.05, 0.1) is 19.9 Å². The molecular formula is C17H18N2O3. The molecule has 114 valence electrons. The van der Waals surface area contributed by atoms with Crippen LogP contribution < -0.4 is 14.9 Å². The summed E-state index contributed by atoms with van der Waals surface area (Å²) in [6, 6.07) is 14.4. The van der Waals surface area contributed by atoms with Crippen LogP contribution in [0.25, 0.3) is 0 Å². The molecule has 5 heteroatoms. The number of rotatable bonds is 6. The van der Waals surface area contributed by atoms with E-state index in [0.29, 0.717) is 23.7 Å². The summed E-state index contributed by atoms with van der Waals surface area (Å²) in [6.07, 6.45) is 1.54. The molecule has 1 amide bonds. The van der Waals surface area contributed by atoms with Gasteiger partial charge in [-0.05, 0) is 31.2 Å². The van der Waals surface area contributed by atoms with Crippen molar-refractivity contribution in [3.63, 3.8) is 0 Å². The molecule has 0 spiro atoms. The lowest BCUT2D eigenvalue weighted by atomic mass is 10.2. The fourth-order valence-corrected chi connectivity index (χ4v) is 1.91. The first kappa shape index (κ1) is 15.6. The fourth-order valence-electron chi connectivity index (χ4n) is 1.91. The number of benzene rings is 2. The molecule has 5 nitrogen and oxygen atoms in total. The number of ether oxygens (including phenoxy) is 2. The third-order valence-electron chi connectivity index (χ3n) is 2.92. The second-order valence-corrected chi connectivity index (χ2v) is 4.38. The normalized spacial score (nSPS) is 10.5. The average Bonchev–Trinajstić information content (AvgIpc) is 2.57. The molecule has 22 heavy (non-hydrogen) atoms. The molecule has 2 aromatic rings. The van der Waals surface area contributed by atoms with Crippen molar-refractivity contribution in [2.24, 2.45) is 5.10 Å². The average molecular weight is 298 g/mol. The van der Waals surface area contributed by atoms with E-state index in [1.165, 1.54) is 6.21 Å². The van der Waals surface area contributed by atoms with Crippen molar-refractivity contribution in [3.8, 4) is 11.5 Å². The van der Waals surface area contributed by atoms with Crippen LogP contribution in [0.5, 0.6) is 11.5 Å². The molecule has 0 unspecified atom stereocenters. The Morgan fingerprint density at radius 1 is 1.18 bits per heavy atom. The molecule has 2 rings (SSSR count). The van der Waals surface area contributed by atoms with Gasteiger partial charge in [-0.25, -0.2) is 5.43 Å². The molecular weight excluding hydrogens is 280 g/mol. The standard InChI is InChI=1S/C17H18N2O3/c1-3-22-16-14(10-7-11-15(16)21-2)12-18-19-17(20)13-8-5-4-6-9-13/h4-12H,3H2,1-2H3,(H,19,20)/b18-12+. The van der Waals surface area contributed by atoms with E-state index in [-0.39, 0.29) is 5.91 Å². The van der Waals surface area contributed by atoms with E-state index in [1.807, 2.05) is 31.2 Å². The zero-order valence-electron chi connectivity index (χ0n) is 12.6. The molecule has 0 aromatic heterocycles. The van der Waals surface area contributed by atoms with Gasteiger partial charge in [-0.1, -0.05) is 24.3 Å². The van der Waals surface area contributed by atoms with Crippen LogP contribution in [0.3, 0.4) is 0 Å². The molecule has 0 aliphatic carbocycles. The van der Waals surface area contributed by atoms with Gasteiger partial charge in [0.2, 0.25) is 0 Å². The summed E-state index contributed by atoms with van der Waals surface area (Å²) in [5.74, 6) is 0.961. The van der Waals surface area contributed by atoms with E-state index in [0.717, 1.165) is 5.56 Å². The van der Waals surface area contributed by atoms with Gasteiger partial charge in [0.15, 0.2) is 11.5 Å². The Labute approximate surface area is 129 Å². The van der Waals surface area contributed by atoms with Gasteiger partial charge in [-0.3, -0.25) is 4.79 Å². The number of nitrogens with zero attached hydrogens (tertiary/aromatic N) is 1. The molecule has 0 aliphatic rings. The minimum atomic E-state index is -0.266. The molecule has 0 bridgehead atoms. The minimum absolute atomic E-state index is 0.266. The van der Waals surface area contributed by atoms with Crippen LogP contribution in [-0.4, -0.2) is 25.8 Å². The van der Waals surface area contributed by atoms with Crippen LogP contribution in [0.15, 0.2) is 53.6 Å². The van der Waals surface area contributed by atoms with Crippen molar-refractivity contribution >= 4 is 12.1 Å². The summed E-state index contributed by atoms with van der Waals surface area (Å²) in [4.78, 5) is 11.9. The van der Waals surface area contributed by atoms with Crippen molar-refractivity contribution in [1.82, 2.24) is 5.43 Å². The van der Waals surface area contributed by atoms with Gasteiger partial charge in [0.1, 0.15) is 0 Å². The molecule has 0 saturated heterocycles. The van der Waals surface area contributed by atoms with E-state index >= 15 is 0 Å². The lowest BCUT2D eigenvalue weighted by Gasteiger charge is -2.11. The van der Waals surface area contributed by atoms with Gasteiger partial charge >= 0.3 is 0 Å². The maximum atomic E-state index is 11.9. The zero-order valence-corrected chi connectivity index (χ0v) is 12.6. The van der Waals surface area contributed by atoms with Crippen molar-refractivity contribution in [2.45, 2.75) is 6.92 Å². The minimum Gasteiger partial charge on any atom is -0.493 e. The molecule has 0 atom stereocenters. The maximum absolute atomic E-state index is 11.9. The summed E-state index contributed by atoms with van der Waals surface area (Å²) in [6.45, 7) is 2.40. The number of nitrogens with one attached hydrogen (secondary N) is 1. The highest BCUT2D eigenvalue weighted by molar-refractivity contribution is 5.95. The third kappa shape index (κ3) is 3.85. The monoisotopic (exact) mass is 298 g/mol. The van der Waals surface area contributed by atoms with Crippen LogP contribution in [0.1, 0.15) is 22.8 Å². The van der Waals surface area contributed by atoms with Crippen molar-refractivity contribution in [3.05, 3.63) is 59.7 Å². The maximum Gasteiger partial charge on any atom is 0.271 e. The third-order valence-corrected chi connectivity index (χ3v) is 2.92. The summed E-state index contributed by atoms with van der Waals surface area (Å²) >= 11 is 0. The fraction of sp³-hybridized carbons (Fsp3) is 0.176. The highest BCUT2D eigenvalue weighted by Gasteiger charge is 2.08. The summed E-state index contributed by atoms with van der Waals surface area (Å²) in [5.41, 5.74) is 3.77. The number of hydrogen-bond acceptors (Lipinski definition) is 4. The molecule has 1 N–H and O–H groups in total. The molecule has 0 saturated carbocycles. The lowest BCUT2D eigenvalue weighted by Crippen LogP contribution is -2.17. The van der Waals surface area contributed by atoms with Crippen LogP contribution in [0.4, 0.5) is 0 Å². The van der Waals surface area contributed by atoms with Crippen molar-refractivity contribution in [2.75, 3.05) is 13.7 Å². The van der Waals surface area contributed by atoms with E-state index in [1.54, 1.807) is 31.4 Å².